The number of aromatic nitrogens is 4. The van der Waals surface area contributed by atoms with Crippen LogP contribution in [0.3, 0.4) is 0 Å². The number of rotatable bonds is 5. The molecule has 180 valence electrons. The zero-order valence-electron chi connectivity index (χ0n) is 19.0. The van der Waals surface area contributed by atoms with E-state index < -0.39 is 11.8 Å². The predicted octanol–water partition coefficient (Wildman–Crippen LogP) is 3.24. The van der Waals surface area contributed by atoms with Crippen molar-refractivity contribution >= 4 is 34.3 Å². The number of hydrogen-bond donors (Lipinski definition) is 5. The molecule has 1 aliphatic heterocycles. The van der Waals surface area contributed by atoms with Crippen molar-refractivity contribution in [1.82, 2.24) is 25.1 Å². The Morgan fingerprint density at radius 2 is 1.97 bits per heavy atom. The van der Waals surface area contributed by atoms with Crippen LogP contribution >= 0.6 is 0 Å². The van der Waals surface area contributed by atoms with Crippen LogP contribution in [0.2, 0.25) is 0 Å². The van der Waals surface area contributed by atoms with Crippen molar-refractivity contribution < 1.29 is 9.18 Å². The molecule has 1 fully saturated rings. The highest BCUT2D eigenvalue weighted by molar-refractivity contribution is 6.01. The monoisotopic (exact) mass is 475 g/mol. The molecule has 2 aromatic carbocycles. The molecule has 10 nitrogen and oxygen atoms in total. The van der Waals surface area contributed by atoms with Gasteiger partial charge in [0.25, 0.3) is 0 Å². The third-order valence-electron chi connectivity index (χ3n) is 6.08. The largest absolute Gasteiger partial charge is 0.383 e. The predicted molar refractivity (Wildman–Crippen MR) is 133 cm³/mol. The minimum atomic E-state index is -0.603. The van der Waals surface area contributed by atoms with Gasteiger partial charge in [0.05, 0.1) is 17.1 Å². The van der Waals surface area contributed by atoms with Crippen molar-refractivity contribution in [2.45, 2.75) is 25.4 Å². The van der Waals surface area contributed by atoms with E-state index in [0.29, 0.717) is 34.5 Å². The molecule has 3 heterocycles. The second kappa shape index (κ2) is 9.65. The van der Waals surface area contributed by atoms with E-state index in [1.807, 2.05) is 10.7 Å². The van der Waals surface area contributed by atoms with Gasteiger partial charge in [-0.05, 0) is 55.8 Å². The third-order valence-corrected chi connectivity index (χ3v) is 6.08. The normalized spacial score (nSPS) is 14.2. The SMILES string of the molecule is NCc1cccc(NC(=O)Nc2ccc(-c3nn(C4CCNCC4)c4ncnc(N)c34)cc2F)c1. The first-order chi connectivity index (χ1) is 17.0. The van der Waals surface area contributed by atoms with Gasteiger partial charge in [-0.25, -0.2) is 23.8 Å². The van der Waals surface area contributed by atoms with E-state index >= 15 is 4.39 Å². The highest BCUT2D eigenvalue weighted by Gasteiger charge is 2.24. The summed E-state index contributed by atoms with van der Waals surface area (Å²) in [5, 5.41) is 13.9. The lowest BCUT2D eigenvalue weighted by atomic mass is 10.1. The average Bonchev–Trinajstić information content (AvgIpc) is 3.27. The maximum atomic E-state index is 15.1. The van der Waals surface area contributed by atoms with Crippen LogP contribution in [-0.4, -0.2) is 38.9 Å². The Morgan fingerprint density at radius 1 is 1.14 bits per heavy atom. The fraction of sp³-hybridized carbons (Fsp3) is 0.250. The van der Waals surface area contributed by atoms with E-state index in [1.165, 1.54) is 18.5 Å². The molecule has 11 heteroatoms. The van der Waals surface area contributed by atoms with Gasteiger partial charge in [-0.2, -0.15) is 5.10 Å². The average molecular weight is 476 g/mol. The molecule has 2 amide bonds. The van der Waals surface area contributed by atoms with E-state index in [-0.39, 0.29) is 17.5 Å². The zero-order valence-corrected chi connectivity index (χ0v) is 19.0. The fourth-order valence-electron chi connectivity index (χ4n) is 4.33. The number of amides is 2. The molecule has 0 unspecified atom stereocenters. The lowest BCUT2D eigenvalue weighted by Gasteiger charge is -2.23. The number of nitrogen functional groups attached to an aromatic ring is 1. The Morgan fingerprint density at radius 3 is 2.74 bits per heavy atom. The molecule has 0 spiro atoms. The van der Waals surface area contributed by atoms with Gasteiger partial charge in [0.15, 0.2) is 5.65 Å². The number of anilines is 3. The number of halogens is 1. The molecular weight excluding hydrogens is 449 g/mol. The molecule has 35 heavy (non-hydrogen) atoms. The highest BCUT2D eigenvalue weighted by atomic mass is 19.1. The Labute approximate surface area is 200 Å². The maximum Gasteiger partial charge on any atom is 0.323 e. The number of benzene rings is 2. The molecule has 0 aliphatic carbocycles. The lowest BCUT2D eigenvalue weighted by Crippen LogP contribution is -2.30. The molecule has 1 saturated heterocycles. The van der Waals surface area contributed by atoms with Crippen LogP contribution in [0.25, 0.3) is 22.3 Å². The van der Waals surface area contributed by atoms with Gasteiger partial charge in [0, 0.05) is 17.8 Å². The molecule has 7 N–H and O–H groups in total. The van der Waals surface area contributed by atoms with Crippen molar-refractivity contribution in [2.75, 3.05) is 29.5 Å². The van der Waals surface area contributed by atoms with Crippen LogP contribution in [-0.2, 0) is 6.54 Å². The summed E-state index contributed by atoms with van der Waals surface area (Å²) in [7, 11) is 0. The van der Waals surface area contributed by atoms with Crippen molar-refractivity contribution in [3.05, 3.63) is 60.2 Å². The quantitative estimate of drug-likeness (QED) is 0.297. The number of carbonyl (C=O) groups excluding carboxylic acids is 1. The molecule has 0 radical (unpaired) electrons. The number of urea groups is 1. The molecular formula is C24H26FN9O. The number of fused-ring (bicyclic) bond motifs is 1. The zero-order chi connectivity index (χ0) is 24.4. The summed E-state index contributed by atoms with van der Waals surface area (Å²) in [4.78, 5) is 20.9. The molecule has 4 aromatic rings. The Hall–Kier alpha value is -4.09. The van der Waals surface area contributed by atoms with E-state index in [4.69, 9.17) is 16.6 Å². The van der Waals surface area contributed by atoms with Gasteiger partial charge >= 0.3 is 6.03 Å². The van der Waals surface area contributed by atoms with Gasteiger partial charge in [0.2, 0.25) is 0 Å². The number of nitrogens with two attached hydrogens (primary N) is 2. The summed E-state index contributed by atoms with van der Waals surface area (Å²) in [5.41, 5.74) is 14.9. The molecule has 0 saturated carbocycles. The fourth-order valence-corrected chi connectivity index (χ4v) is 4.33. The minimum absolute atomic E-state index is 0.0348. The standard InChI is InChI=1S/C24H26FN9O/c25-18-11-15(4-5-19(18)32-24(35)31-16-3-1-2-14(10-16)12-26)21-20-22(27)29-13-30-23(20)34(33-21)17-6-8-28-9-7-17/h1-5,10-11,13,17,28H,6-9,12,26H2,(H2,27,29,30)(H2,31,32,35). The molecule has 0 bridgehead atoms. The van der Waals surface area contributed by atoms with Crippen molar-refractivity contribution in [3.8, 4) is 11.3 Å². The van der Waals surface area contributed by atoms with Crippen LogP contribution in [0.4, 0.5) is 26.4 Å². The second-order valence-electron chi connectivity index (χ2n) is 8.41. The van der Waals surface area contributed by atoms with E-state index in [2.05, 4.69) is 25.9 Å². The van der Waals surface area contributed by atoms with E-state index in [1.54, 1.807) is 24.3 Å². The number of nitrogens with zero attached hydrogens (tertiary/aromatic N) is 4. The maximum absolute atomic E-state index is 15.1. The highest BCUT2D eigenvalue weighted by Crippen LogP contribution is 2.34. The minimum Gasteiger partial charge on any atom is -0.383 e. The van der Waals surface area contributed by atoms with Crippen LogP contribution < -0.4 is 27.4 Å². The number of nitrogens with one attached hydrogen (secondary N) is 3. The lowest BCUT2D eigenvalue weighted by molar-refractivity contribution is 0.262. The van der Waals surface area contributed by atoms with Gasteiger partial charge in [-0.15, -0.1) is 0 Å². The van der Waals surface area contributed by atoms with Gasteiger partial charge in [-0.1, -0.05) is 18.2 Å². The smallest absolute Gasteiger partial charge is 0.323 e. The van der Waals surface area contributed by atoms with E-state index in [9.17, 15) is 4.79 Å². The molecule has 5 rings (SSSR count). The summed E-state index contributed by atoms with van der Waals surface area (Å²) in [6.45, 7) is 2.12. The number of piperidine rings is 1. The van der Waals surface area contributed by atoms with Crippen molar-refractivity contribution in [1.29, 1.82) is 0 Å². The first-order valence-corrected chi connectivity index (χ1v) is 11.4. The first kappa shape index (κ1) is 22.7. The third kappa shape index (κ3) is 4.63. The van der Waals surface area contributed by atoms with Crippen molar-refractivity contribution in [3.63, 3.8) is 0 Å². The Balaban J connectivity index is 1.42. The summed E-state index contributed by atoms with van der Waals surface area (Å²) in [5.74, 6) is -0.319. The summed E-state index contributed by atoms with van der Waals surface area (Å²) in [6.07, 6.45) is 3.22. The van der Waals surface area contributed by atoms with Crippen LogP contribution in [0, 0.1) is 5.82 Å². The first-order valence-electron chi connectivity index (χ1n) is 11.4. The summed E-state index contributed by atoms with van der Waals surface area (Å²) < 4.78 is 16.9. The van der Waals surface area contributed by atoms with Crippen LogP contribution in [0.5, 0.6) is 0 Å². The number of carbonyl (C=O) groups is 1. The summed E-state index contributed by atoms with van der Waals surface area (Å²) >= 11 is 0. The molecule has 2 aromatic heterocycles. The topological polar surface area (TPSA) is 149 Å². The second-order valence-corrected chi connectivity index (χ2v) is 8.41. The molecule has 1 aliphatic rings. The van der Waals surface area contributed by atoms with Gasteiger partial charge < -0.3 is 27.4 Å². The number of hydrogen-bond acceptors (Lipinski definition) is 7. The van der Waals surface area contributed by atoms with Crippen molar-refractivity contribution in [2.24, 2.45) is 5.73 Å². The van der Waals surface area contributed by atoms with Gasteiger partial charge in [-0.3, -0.25) is 0 Å². The van der Waals surface area contributed by atoms with Crippen LogP contribution in [0.1, 0.15) is 24.4 Å². The van der Waals surface area contributed by atoms with Crippen LogP contribution in [0.15, 0.2) is 48.8 Å². The summed E-state index contributed by atoms with van der Waals surface area (Å²) in [6, 6.07) is 11.2. The van der Waals surface area contributed by atoms with E-state index in [0.717, 1.165) is 31.5 Å². The Bertz CT molecular complexity index is 1380. The Kier molecular flexibility index (Phi) is 6.25. The molecule has 0 atom stereocenters. The van der Waals surface area contributed by atoms with Gasteiger partial charge in [0.1, 0.15) is 23.7 Å².